The number of imidazole rings is 1. The van der Waals surface area contributed by atoms with Crippen LogP contribution in [-0.2, 0) is 0 Å². The van der Waals surface area contributed by atoms with Crippen LogP contribution in [0.1, 0.15) is 49.9 Å². The maximum atomic E-state index is 4.43. The molecular formula is C15H26N4. The lowest BCUT2D eigenvalue weighted by molar-refractivity contribution is 0.182. The SMILES string of the molecule is CNCC1CCCCN(C)C1c1cncn1C1CC1. The Morgan fingerprint density at radius 2 is 2.16 bits per heavy atom. The van der Waals surface area contributed by atoms with E-state index in [9.17, 15) is 0 Å². The Balaban J connectivity index is 1.89. The van der Waals surface area contributed by atoms with Crippen molar-refractivity contribution in [3.8, 4) is 0 Å². The molecule has 2 heterocycles. The van der Waals surface area contributed by atoms with Crippen LogP contribution < -0.4 is 5.32 Å². The highest BCUT2D eigenvalue weighted by molar-refractivity contribution is 5.11. The first-order chi connectivity index (χ1) is 9.31. The van der Waals surface area contributed by atoms with E-state index < -0.39 is 0 Å². The van der Waals surface area contributed by atoms with E-state index in [1.54, 1.807) is 0 Å². The van der Waals surface area contributed by atoms with Gasteiger partial charge in [0.2, 0.25) is 0 Å². The fourth-order valence-corrected chi connectivity index (χ4v) is 3.57. The molecule has 2 aliphatic rings. The molecule has 106 valence electrons. The van der Waals surface area contributed by atoms with E-state index in [1.165, 1.54) is 44.3 Å². The number of likely N-dealkylation sites (tertiary alicyclic amines) is 1. The minimum Gasteiger partial charge on any atom is -0.330 e. The van der Waals surface area contributed by atoms with Crippen LogP contribution in [0.25, 0.3) is 0 Å². The van der Waals surface area contributed by atoms with Crippen molar-refractivity contribution in [1.82, 2.24) is 19.8 Å². The van der Waals surface area contributed by atoms with Crippen LogP contribution >= 0.6 is 0 Å². The van der Waals surface area contributed by atoms with Crippen LogP contribution in [0.5, 0.6) is 0 Å². The maximum absolute atomic E-state index is 4.43. The summed E-state index contributed by atoms with van der Waals surface area (Å²) in [6, 6.07) is 1.25. The average Bonchev–Trinajstić information content (AvgIpc) is 3.17. The molecule has 1 aliphatic carbocycles. The molecule has 0 amide bonds. The first-order valence-corrected chi connectivity index (χ1v) is 7.68. The lowest BCUT2D eigenvalue weighted by atomic mass is 9.92. The number of hydrogen-bond acceptors (Lipinski definition) is 3. The topological polar surface area (TPSA) is 33.1 Å². The van der Waals surface area contributed by atoms with Gasteiger partial charge in [0.05, 0.1) is 18.1 Å². The Hall–Kier alpha value is -0.870. The zero-order chi connectivity index (χ0) is 13.2. The van der Waals surface area contributed by atoms with Crippen molar-refractivity contribution < 1.29 is 0 Å². The summed E-state index contributed by atoms with van der Waals surface area (Å²) in [6.07, 6.45) is 10.8. The van der Waals surface area contributed by atoms with Crippen molar-refractivity contribution in [1.29, 1.82) is 0 Å². The summed E-state index contributed by atoms with van der Waals surface area (Å²) >= 11 is 0. The van der Waals surface area contributed by atoms with Crippen molar-refractivity contribution >= 4 is 0 Å². The van der Waals surface area contributed by atoms with E-state index in [1.807, 2.05) is 6.33 Å². The number of rotatable bonds is 4. The lowest BCUT2D eigenvalue weighted by Crippen LogP contribution is -2.35. The highest BCUT2D eigenvalue weighted by Crippen LogP contribution is 2.40. The molecule has 1 aromatic rings. The number of nitrogens with zero attached hydrogens (tertiary/aromatic N) is 3. The van der Waals surface area contributed by atoms with E-state index in [2.05, 4.69) is 40.1 Å². The molecule has 3 rings (SSSR count). The zero-order valence-electron chi connectivity index (χ0n) is 12.2. The third-order valence-corrected chi connectivity index (χ3v) is 4.66. The van der Waals surface area contributed by atoms with E-state index >= 15 is 0 Å². The van der Waals surface area contributed by atoms with Crippen molar-refractivity contribution in [2.45, 2.75) is 44.2 Å². The van der Waals surface area contributed by atoms with Crippen LogP contribution in [0.4, 0.5) is 0 Å². The molecule has 0 aromatic carbocycles. The number of aromatic nitrogens is 2. The van der Waals surface area contributed by atoms with Crippen molar-refractivity contribution in [3.05, 3.63) is 18.2 Å². The van der Waals surface area contributed by atoms with Gasteiger partial charge in [-0.05, 0) is 58.8 Å². The monoisotopic (exact) mass is 262 g/mol. The molecule has 2 unspecified atom stereocenters. The minimum atomic E-state index is 0.526. The van der Waals surface area contributed by atoms with Gasteiger partial charge in [-0.15, -0.1) is 0 Å². The third kappa shape index (κ3) is 2.70. The Bertz CT molecular complexity index is 410. The highest BCUT2D eigenvalue weighted by atomic mass is 15.2. The normalized spacial score (nSPS) is 29.4. The summed E-state index contributed by atoms with van der Waals surface area (Å²) in [5.41, 5.74) is 1.44. The first kappa shape index (κ1) is 13.1. The van der Waals surface area contributed by atoms with Gasteiger partial charge in [-0.3, -0.25) is 4.90 Å². The van der Waals surface area contributed by atoms with Gasteiger partial charge in [0.15, 0.2) is 0 Å². The fourth-order valence-electron chi connectivity index (χ4n) is 3.57. The molecule has 1 aliphatic heterocycles. The number of nitrogens with one attached hydrogen (secondary N) is 1. The molecule has 1 N–H and O–H groups in total. The first-order valence-electron chi connectivity index (χ1n) is 7.68. The molecule has 4 nitrogen and oxygen atoms in total. The smallest absolute Gasteiger partial charge is 0.0951 e. The Labute approximate surface area is 116 Å². The maximum Gasteiger partial charge on any atom is 0.0951 e. The van der Waals surface area contributed by atoms with Gasteiger partial charge in [0.1, 0.15) is 0 Å². The molecule has 4 heteroatoms. The van der Waals surface area contributed by atoms with Crippen molar-refractivity contribution in [2.24, 2.45) is 5.92 Å². The molecule has 2 fully saturated rings. The van der Waals surface area contributed by atoms with Gasteiger partial charge in [-0.2, -0.15) is 0 Å². The van der Waals surface area contributed by atoms with Crippen LogP contribution in [0.3, 0.4) is 0 Å². The van der Waals surface area contributed by atoms with E-state index in [4.69, 9.17) is 0 Å². The molecule has 1 saturated carbocycles. The second-order valence-corrected chi connectivity index (χ2v) is 6.20. The predicted octanol–water partition coefficient (Wildman–Crippen LogP) is 2.21. The molecule has 0 spiro atoms. The molecule has 2 atom stereocenters. The van der Waals surface area contributed by atoms with Gasteiger partial charge in [0, 0.05) is 12.2 Å². The summed E-state index contributed by atoms with van der Waals surface area (Å²) < 4.78 is 2.44. The van der Waals surface area contributed by atoms with Gasteiger partial charge in [-0.1, -0.05) is 6.42 Å². The molecule has 0 bridgehead atoms. The second-order valence-electron chi connectivity index (χ2n) is 6.20. The van der Waals surface area contributed by atoms with Crippen LogP contribution in [-0.4, -0.2) is 41.6 Å². The standard InChI is InChI=1S/C15H26N4/c1-16-9-12-5-3-4-8-18(2)15(12)14-10-17-11-19(14)13-6-7-13/h10-13,15-16H,3-9H2,1-2H3. The average molecular weight is 262 g/mol. The summed E-state index contributed by atoms with van der Waals surface area (Å²) in [5, 5.41) is 3.39. The largest absolute Gasteiger partial charge is 0.330 e. The van der Waals surface area contributed by atoms with Crippen LogP contribution in [0, 0.1) is 5.92 Å². The predicted molar refractivity (Wildman–Crippen MR) is 77.1 cm³/mol. The minimum absolute atomic E-state index is 0.526. The summed E-state index contributed by atoms with van der Waals surface area (Å²) in [5.74, 6) is 0.701. The molecule has 0 radical (unpaired) electrons. The van der Waals surface area contributed by atoms with E-state index in [-0.39, 0.29) is 0 Å². The molecule has 1 saturated heterocycles. The summed E-state index contributed by atoms with van der Waals surface area (Å²) in [7, 11) is 4.35. The van der Waals surface area contributed by atoms with Gasteiger partial charge < -0.3 is 9.88 Å². The van der Waals surface area contributed by atoms with E-state index in [0.717, 1.165) is 12.6 Å². The number of hydrogen-bond donors (Lipinski definition) is 1. The Kier molecular flexibility index (Phi) is 3.89. The van der Waals surface area contributed by atoms with Crippen LogP contribution in [0.15, 0.2) is 12.5 Å². The van der Waals surface area contributed by atoms with E-state index in [0.29, 0.717) is 12.0 Å². The molecular weight excluding hydrogens is 236 g/mol. The summed E-state index contributed by atoms with van der Waals surface area (Å²) in [6.45, 7) is 2.31. The van der Waals surface area contributed by atoms with Gasteiger partial charge in [0.25, 0.3) is 0 Å². The van der Waals surface area contributed by atoms with Crippen molar-refractivity contribution in [3.63, 3.8) is 0 Å². The fraction of sp³-hybridized carbons (Fsp3) is 0.800. The Morgan fingerprint density at radius 1 is 1.32 bits per heavy atom. The second kappa shape index (κ2) is 5.63. The third-order valence-electron chi connectivity index (χ3n) is 4.66. The lowest BCUT2D eigenvalue weighted by Gasteiger charge is -2.33. The highest BCUT2D eigenvalue weighted by Gasteiger charge is 2.34. The van der Waals surface area contributed by atoms with Crippen molar-refractivity contribution in [2.75, 3.05) is 27.2 Å². The quantitative estimate of drug-likeness (QED) is 0.903. The summed E-state index contributed by atoms with van der Waals surface area (Å²) in [4.78, 5) is 6.98. The molecule has 1 aromatic heterocycles. The molecule has 19 heavy (non-hydrogen) atoms. The van der Waals surface area contributed by atoms with Gasteiger partial charge >= 0.3 is 0 Å². The zero-order valence-corrected chi connectivity index (χ0v) is 12.2. The van der Waals surface area contributed by atoms with Gasteiger partial charge in [-0.25, -0.2) is 4.98 Å². The Morgan fingerprint density at radius 3 is 2.89 bits per heavy atom. The van der Waals surface area contributed by atoms with Crippen LogP contribution in [0.2, 0.25) is 0 Å².